The fraction of sp³-hybridized carbons (Fsp3) is 0.304. The lowest BCUT2D eigenvalue weighted by atomic mass is 10.2. The summed E-state index contributed by atoms with van der Waals surface area (Å²) in [4.78, 5) is 16.7. The number of hydrogen-bond donors (Lipinski definition) is 0. The van der Waals surface area contributed by atoms with Crippen LogP contribution < -0.4 is 4.74 Å². The Balaban J connectivity index is 1.46. The first-order chi connectivity index (χ1) is 15.9. The predicted molar refractivity (Wildman–Crippen MR) is 121 cm³/mol. The molecule has 1 aliphatic heterocycles. The van der Waals surface area contributed by atoms with E-state index in [1.807, 2.05) is 35.9 Å². The molecule has 9 nitrogen and oxygen atoms in total. The quantitative estimate of drug-likeness (QED) is 0.385. The number of aryl methyl sites for hydroxylation is 1. The Morgan fingerprint density at radius 3 is 2.76 bits per heavy atom. The van der Waals surface area contributed by atoms with Gasteiger partial charge in [0.2, 0.25) is 10.0 Å². The maximum Gasteiger partial charge on any atom is 0.331 e. The second-order valence-electron chi connectivity index (χ2n) is 7.52. The van der Waals surface area contributed by atoms with E-state index in [1.165, 1.54) is 29.6 Å². The summed E-state index contributed by atoms with van der Waals surface area (Å²) < 4.78 is 45.2. The number of benzene rings is 1. The van der Waals surface area contributed by atoms with Gasteiger partial charge in [-0.05, 0) is 42.3 Å². The van der Waals surface area contributed by atoms with Gasteiger partial charge in [0.05, 0.1) is 26.0 Å². The maximum atomic E-state index is 13.1. The van der Waals surface area contributed by atoms with Gasteiger partial charge in [-0.15, -0.1) is 0 Å². The number of aromatic nitrogens is 2. The van der Waals surface area contributed by atoms with Gasteiger partial charge in [0.15, 0.2) is 0 Å². The fourth-order valence-electron chi connectivity index (χ4n) is 3.56. The molecule has 33 heavy (non-hydrogen) atoms. The number of morpholine rings is 1. The standard InChI is InChI=1S/C23H25N3O6S/c1-17-4-3-9-25-15-19(24-23(17)25)16-32-22(27)8-6-18-5-7-20(30-2)21(14-18)33(28,29)26-10-12-31-13-11-26/h3-9,14-15H,10-13,16H2,1-2H3/b8-6+. The van der Waals surface area contributed by atoms with E-state index in [0.717, 1.165) is 11.2 Å². The minimum Gasteiger partial charge on any atom is -0.495 e. The first-order valence-corrected chi connectivity index (χ1v) is 11.9. The van der Waals surface area contributed by atoms with Gasteiger partial charge in [-0.25, -0.2) is 18.2 Å². The van der Waals surface area contributed by atoms with E-state index in [4.69, 9.17) is 14.2 Å². The molecule has 0 atom stereocenters. The zero-order valence-electron chi connectivity index (χ0n) is 18.4. The summed E-state index contributed by atoms with van der Waals surface area (Å²) in [6.45, 7) is 3.24. The van der Waals surface area contributed by atoms with Crippen molar-refractivity contribution in [1.29, 1.82) is 0 Å². The molecular formula is C23H25N3O6S. The molecule has 0 saturated carbocycles. The summed E-state index contributed by atoms with van der Waals surface area (Å²) in [5, 5.41) is 0. The van der Waals surface area contributed by atoms with Crippen LogP contribution >= 0.6 is 0 Å². The summed E-state index contributed by atoms with van der Waals surface area (Å²) >= 11 is 0. The molecule has 0 aliphatic carbocycles. The molecule has 10 heteroatoms. The van der Waals surface area contributed by atoms with Crippen molar-refractivity contribution in [3.05, 3.63) is 65.6 Å². The van der Waals surface area contributed by atoms with Crippen LogP contribution in [0.3, 0.4) is 0 Å². The fourth-order valence-corrected chi connectivity index (χ4v) is 5.15. The highest BCUT2D eigenvalue weighted by molar-refractivity contribution is 7.89. The van der Waals surface area contributed by atoms with E-state index in [0.29, 0.717) is 24.5 Å². The van der Waals surface area contributed by atoms with Crippen LogP contribution in [-0.2, 0) is 30.9 Å². The first kappa shape index (κ1) is 23.0. The highest BCUT2D eigenvalue weighted by Crippen LogP contribution is 2.29. The molecule has 0 N–H and O–H groups in total. The summed E-state index contributed by atoms with van der Waals surface area (Å²) in [6.07, 6.45) is 6.46. The number of sulfonamides is 1. The van der Waals surface area contributed by atoms with Crippen LogP contribution in [0.2, 0.25) is 0 Å². The van der Waals surface area contributed by atoms with E-state index in [2.05, 4.69) is 4.98 Å². The Labute approximate surface area is 192 Å². The smallest absolute Gasteiger partial charge is 0.331 e. The summed E-state index contributed by atoms with van der Waals surface area (Å²) in [6, 6.07) is 8.61. The van der Waals surface area contributed by atoms with Crippen LogP contribution in [0.4, 0.5) is 0 Å². The molecule has 3 aromatic rings. The number of nitrogens with zero attached hydrogens (tertiary/aromatic N) is 3. The molecule has 1 aromatic carbocycles. The largest absolute Gasteiger partial charge is 0.495 e. The number of hydrogen-bond acceptors (Lipinski definition) is 7. The Hall–Kier alpha value is -3.21. The van der Waals surface area contributed by atoms with Gasteiger partial charge in [0.25, 0.3) is 0 Å². The van der Waals surface area contributed by atoms with E-state index in [-0.39, 0.29) is 30.3 Å². The molecule has 0 amide bonds. The van der Waals surface area contributed by atoms with Crippen molar-refractivity contribution >= 4 is 27.7 Å². The highest BCUT2D eigenvalue weighted by Gasteiger charge is 2.29. The van der Waals surface area contributed by atoms with E-state index >= 15 is 0 Å². The third-order valence-corrected chi connectivity index (χ3v) is 7.20. The molecule has 3 heterocycles. The number of imidazole rings is 1. The summed E-state index contributed by atoms with van der Waals surface area (Å²) in [7, 11) is -2.34. The van der Waals surface area contributed by atoms with Crippen molar-refractivity contribution in [2.24, 2.45) is 0 Å². The summed E-state index contributed by atoms with van der Waals surface area (Å²) in [5.41, 5.74) is 3.00. The average molecular weight is 472 g/mol. The minimum absolute atomic E-state index is 0.0313. The van der Waals surface area contributed by atoms with Gasteiger partial charge >= 0.3 is 5.97 Å². The van der Waals surface area contributed by atoms with Crippen molar-refractivity contribution in [2.45, 2.75) is 18.4 Å². The van der Waals surface area contributed by atoms with Crippen LogP contribution in [0, 0.1) is 6.92 Å². The predicted octanol–water partition coefficient (Wildman–Crippen LogP) is 2.43. The number of pyridine rings is 1. The molecule has 0 unspecified atom stereocenters. The lowest BCUT2D eigenvalue weighted by molar-refractivity contribution is -0.139. The highest BCUT2D eigenvalue weighted by atomic mass is 32.2. The van der Waals surface area contributed by atoms with Crippen LogP contribution in [-0.4, -0.2) is 61.5 Å². The lowest BCUT2D eigenvalue weighted by Gasteiger charge is -2.26. The molecule has 1 fully saturated rings. The van der Waals surface area contributed by atoms with Crippen molar-refractivity contribution in [2.75, 3.05) is 33.4 Å². The zero-order valence-corrected chi connectivity index (χ0v) is 19.2. The maximum absolute atomic E-state index is 13.1. The van der Waals surface area contributed by atoms with Crippen molar-refractivity contribution < 1.29 is 27.4 Å². The number of carbonyl (C=O) groups is 1. The van der Waals surface area contributed by atoms with Crippen LogP contribution in [0.15, 0.2) is 53.7 Å². The van der Waals surface area contributed by atoms with E-state index < -0.39 is 16.0 Å². The van der Waals surface area contributed by atoms with Crippen molar-refractivity contribution in [3.63, 3.8) is 0 Å². The number of esters is 1. The van der Waals surface area contributed by atoms with E-state index in [9.17, 15) is 13.2 Å². The number of ether oxygens (including phenoxy) is 3. The average Bonchev–Trinajstić information content (AvgIpc) is 3.26. The minimum atomic E-state index is -3.76. The third kappa shape index (κ3) is 5.08. The molecule has 0 radical (unpaired) electrons. The lowest BCUT2D eigenvalue weighted by Crippen LogP contribution is -2.40. The Bertz CT molecular complexity index is 1290. The number of carbonyl (C=O) groups excluding carboxylic acids is 1. The van der Waals surface area contributed by atoms with Crippen LogP contribution in [0.25, 0.3) is 11.7 Å². The van der Waals surface area contributed by atoms with Gasteiger partial charge < -0.3 is 18.6 Å². The van der Waals surface area contributed by atoms with Gasteiger partial charge in [-0.1, -0.05) is 12.1 Å². The zero-order chi connectivity index (χ0) is 23.4. The Morgan fingerprint density at radius 2 is 2.03 bits per heavy atom. The topological polar surface area (TPSA) is 99.4 Å². The normalized spacial score (nSPS) is 15.2. The second-order valence-corrected chi connectivity index (χ2v) is 9.43. The van der Waals surface area contributed by atoms with Gasteiger partial charge in [0.1, 0.15) is 22.9 Å². The summed E-state index contributed by atoms with van der Waals surface area (Å²) in [5.74, 6) is -0.319. The van der Waals surface area contributed by atoms with Crippen LogP contribution in [0.5, 0.6) is 5.75 Å². The molecule has 4 rings (SSSR count). The van der Waals surface area contributed by atoms with Crippen molar-refractivity contribution in [1.82, 2.24) is 13.7 Å². The molecule has 174 valence electrons. The Kier molecular flexibility index (Phi) is 6.77. The Morgan fingerprint density at radius 1 is 1.24 bits per heavy atom. The molecule has 2 aromatic heterocycles. The molecule has 0 bridgehead atoms. The second kappa shape index (κ2) is 9.74. The molecular weight excluding hydrogens is 446 g/mol. The van der Waals surface area contributed by atoms with E-state index in [1.54, 1.807) is 12.1 Å². The number of fused-ring (bicyclic) bond motifs is 1. The number of rotatable bonds is 7. The van der Waals surface area contributed by atoms with Gasteiger partial charge in [-0.3, -0.25) is 0 Å². The monoisotopic (exact) mass is 471 g/mol. The van der Waals surface area contributed by atoms with Gasteiger partial charge in [0, 0.05) is 31.6 Å². The van der Waals surface area contributed by atoms with Crippen molar-refractivity contribution in [3.8, 4) is 5.75 Å². The van der Waals surface area contributed by atoms with Crippen LogP contribution in [0.1, 0.15) is 16.8 Å². The third-order valence-electron chi connectivity index (χ3n) is 5.28. The molecule has 1 aliphatic rings. The first-order valence-electron chi connectivity index (χ1n) is 10.4. The molecule has 0 spiro atoms. The van der Waals surface area contributed by atoms with Gasteiger partial charge in [-0.2, -0.15) is 4.31 Å². The number of methoxy groups -OCH3 is 1. The SMILES string of the molecule is COc1ccc(/C=C/C(=O)OCc2cn3cccc(C)c3n2)cc1S(=O)(=O)N1CCOCC1. The molecule has 1 saturated heterocycles.